The summed E-state index contributed by atoms with van der Waals surface area (Å²) < 4.78 is 5.24. The van der Waals surface area contributed by atoms with E-state index in [0.717, 1.165) is 25.3 Å². The summed E-state index contributed by atoms with van der Waals surface area (Å²) in [6.07, 6.45) is 1.16. The van der Waals surface area contributed by atoms with Crippen LogP contribution in [0.3, 0.4) is 0 Å². The monoisotopic (exact) mass is 251 g/mol. The lowest BCUT2D eigenvalue weighted by atomic mass is 10.2. The van der Waals surface area contributed by atoms with E-state index in [-0.39, 0.29) is 24.8 Å². The van der Waals surface area contributed by atoms with Gasteiger partial charge in [-0.05, 0) is 19.0 Å². The second kappa shape index (κ2) is 10.1. The molecule has 1 N–H and O–H groups in total. The summed E-state index contributed by atoms with van der Waals surface area (Å²) >= 11 is 0. The molecule has 0 saturated heterocycles. The van der Waals surface area contributed by atoms with Crippen LogP contribution in [-0.4, -0.2) is 13.7 Å². The van der Waals surface area contributed by atoms with Crippen molar-refractivity contribution in [3.63, 3.8) is 0 Å². The smallest absolute Gasteiger partial charge is 0.123 e. The zero-order valence-electron chi connectivity index (χ0n) is 9.16. The fourth-order valence-corrected chi connectivity index (χ4v) is 1.25. The minimum Gasteiger partial charge on any atom is -0.496 e. The van der Waals surface area contributed by atoms with E-state index >= 15 is 0 Å². The summed E-state index contributed by atoms with van der Waals surface area (Å²) in [5.74, 6) is 0.964. The third-order valence-electron chi connectivity index (χ3n) is 1.93. The number of ether oxygens (including phenoxy) is 1. The maximum atomic E-state index is 5.24. The lowest BCUT2D eigenvalue weighted by molar-refractivity contribution is 0.407. The molecule has 0 radical (unpaired) electrons. The molecular formula is C11H19Cl2NO. The topological polar surface area (TPSA) is 21.3 Å². The van der Waals surface area contributed by atoms with Gasteiger partial charge in [-0.15, -0.1) is 24.8 Å². The Kier molecular flexibility index (Phi) is 11.4. The van der Waals surface area contributed by atoms with Crippen molar-refractivity contribution in [1.82, 2.24) is 5.32 Å². The summed E-state index contributed by atoms with van der Waals surface area (Å²) in [5.41, 5.74) is 1.22. The van der Waals surface area contributed by atoms with Gasteiger partial charge in [-0.2, -0.15) is 0 Å². The molecule has 4 heteroatoms. The summed E-state index contributed by atoms with van der Waals surface area (Å²) in [5, 5.41) is 3.35. The molecule has 0 amide bonds. The van der Waals surface area contributed by atoms with Crippen LogP contribution in [0.1, 0.15) is 18.9 Å². The van der Waals surface area contributed by atoms with Crippen molar-refractivity contribution < 1.29 is 4.74 Å². The molecular weight excluding hydrogens is 233 g/mol. The molecule has 88 valence electrons. The molecule has 0 aliphatic heterocycles. The molecule has 0 fully saturated rings. The SMILES string of the molecule is CCCNCc1ccccc1OC.Cl.Cl. The Bertz CT molecular complexity index is 256. The van der Waals surface area contributed by atoms with E-state index in [9.17, 15) is 0 Å². The Morgan fingerprint density at radius 3 is 2.47 bits per heavy atom. The molecule has 0 atom stereocenters. The number of nitrogens with one attached hydrogen (secondary N) is 1. The first kappa shape index (κ1) is 17.0. The van der Waals surface area contributed by atoms with E-state index in [2.05, 4.69) is 18.3 Å². The van der Waals surface area contributed by atoms with Crippen molar-refractivity contribution in [3.8, 4) is 5.75 Å². The van der Waals surface area contributed by atoms with Gasteiger partial charge in [-0.3, -0.25) is 0 Å². The van der Waals surface area contributed by atoms with Crippen LogP contribution in [0, 0.1) is 0 Å². The van der Waals surface area contributed by atoms with E-state index in [4.69, 9.17) is 4.74 Å². The van der Waals surface area contributed by atoms with Gasteiger partial charge in [0.15, 0.2) is 0 Å². The summed E-state index contributed by atoms with van der Waals surface area (Å²) in [4.78, 5) is 0. The predicted octanol–water partition coefficient (Wildman–Crippen LogP) is 3.04. The highest BCUT2D eigenvalue weighted by atomic mass is 35.5. The van der Waals surface area contributed by atoms with Crippen LogP contribution in [0.4, 0.5) is 0 Å². The number of hydrogen-bond donors (Lipinski definition) is 1. The highest BCUT2D eigenvalue weighted by Crippen LogP contribution is 2.16. The molecule has 0 aromatic heterocycles. The number of rotatable bonds is 5. The third kappa shape index (κ3) is 5.88. The number of methoxy groups -OCH3 is 1. The van der Waals surface area contributed by atoms with Gasteiger partial charge in [0.1, 0.15) is 5.75 Å². The van der Waals surface area contributed by atoms with E-state index in [1.165, 1.54) is 5.56 Å². The quantitative estimate of drug-likeness (QED) is 0.813. The first-order valence-corrected chi connectivity index (χ1v) is 4.71. The van der Waals surface area contributed by atoms with E-state index in [0.29, 0.717) is 0 Å². The van der Waals surface area contributed by atoms with Gasteiger partial charge in [0.05, 0.1) is 7.11 Å². The van der Waals surface area contributed by atoms with Crippen LogP contribution in [0.25, 0.3) is 0 Å². The van der Waals surface area contributed by atoms with E-state index < -0.39 is 0 Å². The average Bonchev–Trinajstić information content (AvgIpc) is 2.19. The van der Waals surface area contributed by atoms with Crippen LogP contribution in [-0.2, 0) is 6.54 Å². The summed E-state index contributed by atoms with van der Waals surface area (Å²) in [6.45, 7) is 4.10. The van der Waals surface area contributed by atoms with Crippen molar-refractivity contribution in [3.05, 3.63) is 29.8 Å². The van der Waals surface area contributed by atoms with Crippen molar-refractivity contribution in [2.75, 3.05) is 13.7 Å². The Balaban J connectivity index is 0. The standard InChI is InChI=1S/C11H17NO.2ClH/c1-3-8-12-9-10-6-4-5-7-11(10)13-2;;/h4-7,12H,3,8-9H2,1-2H3;2*1H. The second-order valence-corrected chi connectivity index (χ2v) is 2.99. The lowest BCUT2D eigenvalue weighted by Crippen LogP contribution is -2.14. The van der Waals surface area contributed by atoms with Crippen LogP contribution in [0.5, 0.6) is 5.75 Å². The normalized spacial score (nSPS) is 8.67. The van der Waals surface area contributed by atoms with Gasteiger partial charge < -0.3 is 10.1 Å². The maximum absolute atomic E-state index is 5.24. The summed E-state index contributed by atoms with van der Waals surface area (Å²) in [7, 11) is 1.71. The van der Waals surface area contributed by atoms with Gasteiger partial charge >= 0.3 is 0 Å². The number of halogens is 2. The molecule has 1 aromatic carbocycles. The Labute approximate surface area is 104 Å². The molecule has 0 bridgehead atoms. The molecule has 1 aromatic rings. The maximum Gasteiger partial charge on any atom is 0.123 e. The first-order valence-electron chi connectivity index (χ1n) is 4.71. The number of benzene rings is 1. The Hall–Kier alpha value is -0.440. The first-order chi connectivity index (χ1) is 6.38. The van der Waals surface area contributed by atoms with Gasteiger partial charge in [0.25, 0.3) is 0 Å². The van der Waals surface area contributed by atoms with E-state index in [1.54, 1.807) is 7.11 Å². The molecule has 2 nitrogen and oxygen atoms in total. The second-order valence-electron chi connectivity index (χ2n) is 2.99. The molecule has 0 heterocycles. The molecule has 15 heavy (non-hydrogen) atoms. The zero-order chi connectivity index (χ0) is 9.52. The minimum atomic E-state index is 0. The zero-order valence-corrected chi connectivity index (χ0v) is 10.8. The van der Waals surface area contributed by atoms with Crippen LogP contribution in [0.2, 0.25) is 0 Å². The van der Waals surface area contributed by atoms with Crippen molar-refractivity contribution in [1.29, 1.82) is 0 Å². The van der Waals surface area contributed by atoms with Crippen LogP contribution >= 0.6 is 24.8 Å². The van der Waals surface area contributed by atoms with Crippen molar-refractivity contribution >= 4 is 24.8 Å². The molecule has 0 aliphatic carbocycles. The third-order valence-corrected chi connectivity index (χ3v) is 1.93. The van der Waals surface area contributed by atoms with Gasteiger partial charge in [0, 0.05) is 12.1 Å². The average molecular weight is 252 g/mol. The highest BCUT2D eigenvalue weighted by molar-refractivity contribution is 5.85. The van der Waals surface area contributed by atoms with E-state index in [1.807, 2.05) is 18.2 Å². The van der Waals surface area contributed by atoms with Gasteiger partial charge in [0.2, 0.25) is 0 Å². The summed E-state index contributed by atoms with van der Waals surface area (Å²) in [6, 6.07) is 8.10. The van der Waals surface area contributed by atoms with Gasteiger partial charge in [-0.1, -0.05) is 25.1 Å². The molecule has 0 aliphatic rings. The van der Waals surface area contributed by atoms with Crippen LogP contribution in [0.15, 0.2) is 24.3 Å². The number of para-hydroxylation sites is 1. The Morgan fingerprint density at radius 2 is 1.87 bits per heavy atom. The molecule has 0 spiro atoms. The van der Waals surface area contributed by atoms with Crippen LogP contribution < -0.4 is 10.1 Å². The molecule has 1 rings (SSSR count). The largest absolute Gasteiger partial charge is 0.496 e. The Morgan fingerprint density at radius 1 is 1.20 bits per heavy atom. The fraction of sp³-hybridized carbons (Fsp3) is 0.455. The molecule has 0 unspecified atom stereocenters. The minimum absolute atomic E-state index is 0. The lowest BCUT2D eigenvalue weighted by Gasteiger charge is -2.08. The fourth-order valence-electron chi connectivity index (χ4n) is 1.25. The van der Waals surface area contributed by atoms with Gasteiger partial charge in [-0.25, -0.2) is 0 Å². The number of hydrogen-bond acceptors (Lipinski definition) is 2. The van der Waals surface area contributed by atoms with Crippen molar-refractivity contribution in [2.24, 2.45) is 0 Å². The predicted molar refractivity (Wildman–Crippen MR) is 69.5 cm³/mol. The molecule has 0 saturated carbocycles. The highest BCUT2D eigenvalue weighted by Gasteiger charge is 1.99. The van der Waals surface area contributed by atoms with Crippen molar-refractivity contribution in [2.45, 2.75) is 19.9 Å².